The first-order chi connectivity index (χ1) is 16.5. The minimum Gasteiger partial charge on any atom is -0.481 e. The zero-order chi connectivity index (χ0) is 23.7. The molecular weight excluding hydrogens is 430 g/mol. The number of aliphatic carboxylic acids is 1. The van der Waals surface area contributed by atoms with E-state index in [9.17, 15) is 9.90 Å². The smallest absolute Gasteiger partial charge is 0.306 e. The number of nitrogens with zero attached hydrogens (tertiary/aromatic N) is 6. The van der Waals surface area contributed by atoms with Gasteiger partial charge in [0.25, 0.3) is 0 Å². The molecule has 1 saturated carbocycles. The van der Waals surface area contributed by atoms with Gasteiger partial charge in [-0.15, -0.1) is 0 Å². The molecular formula is C25H27N7O2. The highest BCUT2D eigenvalue weighted by Crippen LogP contribution is 2.32. The molecule has 1 fully saturated rings. The van der Waals surface area contributed by atoms with E-state index in [1.165, 1.54) is 0 Å². The Morgan fingerprint density at radius 3 is 2.26 bits per heavy atom. The number of carboxylic acids is 1. The molecule has 0 amide bonds. The average Bonchev–Trinajstić information content (AvgIpc) is 3.48. The third kappa shape index (κ3) is 4.54. The van der Waals surface area contributed by atoms with Crippen LogP contribution in [0, 0.1) is 5.92 Å². The van der Waals surface area contributed by atoms with Crippen LogP contribution in [0.25, 0.3) is 33.6 Å². The van der Waals surface area contributed by atoms with E-state index in [1.54, 1.807) is 15.6 Å². The van der Waals surface area contributed by atoms with Crippen LogP contribution in [0.2, 0.25) is 0 Å². The standard InChI is InChI=1S/C25H27N7O2/c1-31-14-19(11-27-31)17-4-3-5-18(10-17)23-26-13-22(20-12-28-32(2)15-20)24(30-23)29-21-8-6-16(7-9-21)25(33)34/h3-5,10-16,21H,6-9H2,1-2H3,(H,33,34)(H,26,29,30)/t16-,21-. The van der Waals surface area contributed by atoms with Gasteiger partial charge in [0.15, 0.2) is 5.82 Å². The molecule has 0 radical (unpaired) electrons. The van der Waals surface area contributed by atoms with Crippen molar-refractivity contribution in [2.45, 2.75) is 31.7 Å². The summed E-state index contributed by atoms with van der Waals surface area (Å²) in [5.41, 5.74) is 4.80. The molecule has 0 spiro atoms. The molecule has 0 aliphatic heterocycles. The van der Waals surface area contributed by atoms with Gasteiger partial charge < -0.3 is 10.4 Å². The topological polar surface area (TPSA) is 111 Å². The Labute approximate surface area is 197 Å². The second-order valence-corrected chi connectivity index (χ2v) is 8.87. The Balaban J connectivity index is 1.47. The Kier molecular flexibility index (Phi) is 5.83. The van der Waals surface area contributed by atoms with Crippen molar-refractivity contribution in [2.24, 2.45) is 20.0 Å². The SMILES string of the molecule is Cn1cc(-c2cccc(-c3ncc(-c4cnn(C)c4)c(N[C@H]4CC[C@H](C(=O)O)CC4)n3)c2)cn1. The molecule has 9 heteroatoms. The maximum Gasteiger partial charge on any atom is 0.306 e. The minimum absolute atomic E-state index is 0.162. The zero-order valence-electron chi connectivity index (χ0n) is 19.2. The fraction of sp³-hybridized carbons (Fsp3) is 0.320. The fourth-order valence-corrected chi connectivity index (χ4v) is 4.49. The largest absolute Gasteiger partial charge is 0.481 e. The quantitative estimate of drug-likeness (QED) is 0.450. The van der Waals surface area contributed by atoms with Crippen molar-refractivity contribution in [1.82, 2.24) is 29.5 Å². The maximum absolute atomic E-state index is 11.3. The van der Waals surface area contributed by atoms with Crippen molar-refractivity contribution < 1.29 is 9.90 Å². The molecule has 2 N–H and O–H groups in total. The van der Waals surface area contributed by atoms with Gasteiger partial charge >= 0.3 is 5.97 Å². The summed E-state index contributed by atoms with van der Waals surface area (Å²) in [5.74, 6) is 0.406. The van der Waals surface area contributed by atoms with Gasteiger partial charge in [-0.3, -0.25) is 14.2 Å². The predicted octanol–water partition coefficient (Wildman–Crippen LogP) is 4.00. The number of carbonyl (C=O) groups is 1. The number of aryl methyl sites for hydroxylation is 2. The summed E-state index contributed by atoms with van der Waals surface area (Å²) in [4.78, 5) is 20.9. The van der Waals surface area contributed by atoms with Gasteiger partial charge in [-0.1, -0.05) is 18.2 Å². The first-order valence-corrected chi connectivity index (χ1v) is 11.4. The van der Waals surface area contributed by atoms with E-state index in [0.717, 1.165) is 46.5 Å². The summed E-state index contributed by atoms with van der Waals surface area (Å²) in [5, 5.41) is 21.5. The molecule has 5 rings (SSSR count). The second kappa shape index (κ2) is 9.09. The van der Waals surface area contributed by atoms with Crippen LogP contribution in [-0.2, 0) is 18.9 Å². The summed E-state index contributed by atoms with van der Waals surface area (Å²) < 4.78 is 3.53. The molecule has 0 saturated heterocycles. The van der Waals surface area contributed by atoms with Gasteiger partial charge in [0, 0.05) is 61.0 Å². The Morgan fingerprint density at radius 2 is 1.62 bits per heavy atom. The Morgan fingerprint density at radius 1 is 0.941 bits per heavy atom. The van der Waals surface area contributed by atoms with Crippen LogP contribution >= 0.6 is 0 Å². The number of hydrogen-bond acceptors (Lipinski definition) is 6. The van der Waals surface area contributed by atoms with E-state index in [-0.39, 0.29) is 12.0 Å². The van der Waals surface area contributed by atoms with Gasteiger partial charge in [-0.05, 0) is 37.3 Å². The number of hydrogen-bond donors (Lipinski definition) is 2. The lowest BCUT2D eigenvalue weighted by atomic mass is 9.86. The minimum atomic E-state index is -0.702. The van der Waals surface area contributed by atoms with Crippen molar-refractivity contribution in [1.29, 1.82) is 0 Å². The van der Waals surface area contributed by atoms with Gasteiger partial charge in [-0.2, -0.15) is 10.2 Å². The number of rotatable bonds is 6. The van der Waals surface area contributed by atoms with E-state index >= 15 is 0 Å². The van der Waals surface area contributed by atoms with Crippen LogP contribution in [0.15, 0.2) is 55.2 Å². The monoisotopic (exact) mass is 457 g/mol. The van der Waals surface area contributed by atoms with Crippen LogP contribution in [0.3, 0.4) is 0 Å². The molecule has 0 unspecified atom stereocenters. The second-order valence-electron chi connectivity index (χ2n) is 8.87. The zero-order valence-corrected chi connectivity index (χ0v) is 19.2. The third-order valence-corrected chi connectivity index (χ3v) is 6.38. The molecule has 1 aromatic carbocycles. The Hall–Kier alpha value is -4.01. The molecule has 174 valence electrons. The molecule has 34 heavy (non-hydrogen) atoms. The molecule has 9 nitrogen and oxygen atoms in total. The summed E-state index contributed by atoms with van der Waals surface area (Å²) in [6.45, 7) is 0. The van der Waals surface area contributed by atoms with E-state index in [1.807, 2.05) is 57.1 Å². The molecule has 1 aliphatic carbocycles. The Bertz CT molecular complexity index is 1320. The summed E-state index contributed by atoms with van der Waals surface area (Å²) in [6.07, 6.45) is 12.3. The van der Waals surface area contributed by atoms with Crippen molar-refractivity contribution in [3.05, 3.63) is 55.2 Å². The van der Waals surface area contributed by atoms with E-state index in [2.05, 4.69) is 26.6 Å². The first kappa shape index (κ1) is 21.8. The lowest BCUT2D eigenvalue weighted by Crippen LogP contribution is -2.29. The number of nitrogens with one attached hydrogen (secondary N) is 1. The van der Waals surface area contributed by atoms with Crippen LogP contribution in [0.4, 0.5) is 5.82 Å². The lowest BCUT2D eigenvalue weighted by molar-refractivity contribution is -0.142. The lowest BCUT2D eigenvalue weighted by Gasteiger charge is -2.28. The van der Waals surface area contributed by atoms with Crippen LogP contribution in [-0.4, -0.2) is 46.6 Å². The van der Waals surface area contributed by atoms with E-state index in [4.69, 9.17) is 4.98 Å². The van der Waals surface area contributed by atoms with Gasteiger partial charge in [0.1, 0.15) is 5.82 Å². The fourth-order valence-electron chi connectivity index (χ4n) is 4.49. The first-order valence-electron chi connectivity index (χ1n) is 11.4. The molecule has 0 atom stereocenters. The highest BCUT2D eigenvalue weighted by atomic mass is 16.4. The van der Waals surface area contributed by atoms with Crippen molar-refractivity contribution >= 4 is 11.8 Å². The van der Waals surface area contributed by atoms with E-state index < -0.39 is 5.97 Å². The average molecular weight is 458 g/mol. The van der Waals surface area contributed by atoms with Crippen molar-refractivity contribution in [3.8, 4) is 33.6 Å². The number of aromatic nitrogens is 6. The third-order valence-electron chi connectivity index (χ3n) is 6.38. The highest BCUT2D eigenvalue weighted by Gasteiger charge is 2.27. The van der Waals surface area contributed by atoms with Crippen LogP contribution in [0.1, 0.15) is 25.7 Å². The number of carboxylic acid groups (broad SMARTS) is 1. The molecule has 3 aromatic heterocycles. The molecule has 3 heterocycles. The summed E-state index contributed by atoms with van der Waals surface area (Å²) in [6, 6.07) is 8.27. The van der Waals surface area contributed by atoms with Crippen molar-refractivity contribution in [3.63, 3.8) is 0 Å². The van der Waals surface area contributed by atoms with Gasteiger partial charge in [0.05, 0.1) is 18.3 Å². The predicted molar refractivity (Wildman–Crippen MR) is 129 cm³/mol. The molecule has 0 bridgehead atoms. The molecule has 1 aliphatic rings. The van der Waals surface area contributed by atoms with Crippen LogP contribution in [0.5, 0.6) is 0 Å². The normalized spacial score (nSPS) is 18.1. The van der Waals surface area contributed by atoms with Gasteiger partial charge in [0.2, 0.25) is 0 Å². The van der Waals surface area contributed by atoms with Gasteiger partial charge in [-0.25, -0.2) is 9.97 Å². The highest BCUT2D eigenvalue weighted by molar-refractivity contribution is 5.77. The summed E-state index contributed by atoms with van der Waals surface area (Å²) >= 11 is 0. The maximum atomic E-state index is 11.3. The van der Waals surface area contributed by atoms with Crippen molar-refractivity contribution in [2.75, 3.05) is 5.32 Å². The summed E-state index contributed by atoms with van der Waals surface area (Å²) in [7, 11) is 3.78. The molecule has 4 aromatic rings. The van der Waals surface area contributed by atoms with Crippen LogP contribution < -0.4 is 5.32 Å². The number of benzene rings is 1. The number of anilines is 1. The van der Waals surface area contributed by atoms with E-state index in [0.29, 0.717) is 18.7 Å².